The van der Waals surface area contributed by atoms with Gasteiger partial charge in [0.1, 0.15) is 0 Å². The monoisotopic (exact) mass is 308 g/mol. The molecule has 0 saturated heterocycles. The normalized spacial score (nSPS) is 55.4. The van der Waals surface area contributed by atoms with Gasteiger partial charge in [-0.15, -0.1) is 0 Å². The van der Waals surface area contributed by atoms with Gasteiger partial charge < -0.3 is 10.2 Å². The maximum absolute atomic E-state index is 10.9. The van der Waals surface area contributed by atoms with Crippen LogP contribution in [-0.2, 0) is 0 Å². The van der Waals surface area contributed by atoms with E-state index in [1.807, 2.05) is 0 Å². The molecule has 2 nitrogen and oxygen atoms in total. The van der Waals surface area contributed by atoms with Crippen molar-refractivity contribution in [2.45, 2.75) is 85.2 Å². The van der Waals surface area contributed by atoms with Gasteiger partial charge in [-0.25, -0.2) is 0 Å². The molecule has 3 aliphatic rings. The van der Waals surface area contributed by atoms with Crippen LogP contribution in [0.3, 0.4) is 0 Å². The molecular weight excluding hydrogens is 272 g/mol. The van der Waals surface area contributed by atoms with Crippen molar-refractivity contribution < 1.29 is 10.2 Å². The summed E-state index contributed by atoms with van der Waals surface area (Å²) in [6.07, 6.45) is 9.45. The highest BCUT2D eigenvalue weighted by Crippen LogP contribution is 2.65. The van der Waals surface area contributed by atoms with Gasteiger partial charge in [-0.05, 0) is 72.5 Å². The van der Waals surface area contributed by atoms with E-state index in [1.54, 1.807) is 0 Å². The van der Waals surface area contributed by atoms with Gasteiger partial charge in [0.2, 0.25) is 0 Å². The summed E-state index contributed by atoms with van der Waals surface area (Å²) in [5.41, 5.74) is 0.777. The highest BCUT2D eigenvalue weighted by atomic mass is 16.3. The zero-order valence-electron chi connectivity index (χ0n) is 15.1. The third kappa shape index (κ3) is 2.36. The standard InChI is InChI=1S/C20H36O2/c1-5-18(2)10-7-15-14(12-18)16(22)11-17-19(3,13-21)8-6-9-20(15,17)4/h14-17,21-22H,5-13H2,1-4H3/t14-,15-,16-,17-,18-,19-,20+/m0/s1. The lowest BCUT2D eigenvalue weighted by molar-refractivity contribution is -0.179. The Hall–Kier alpha value is -0.0800. The van der Waals surface area contributed by atoms with Crippen LogP contribution in [0.25, 0.3) is 0 Å². The van der Waals surface area contributed by atoms with Crippen LogP contribution in [0.4, 0.5) is 0 Å². The summed E-state index contributed by atoms with van der Waals surface area (Å²) in [7, 11) is 0. The SMILES string of the molecule is CC[C@@]1(C)CC[C@H]2[C@H](C1)[C@@H](O)C[C@H]1[C@](C)(CO)CCC[C@]21C. The van der Waals surface area contributed by atoms with Gasteiger partial charge in [0.15, 0.2) is 0 Å². The molecule has 0 aliphatic heterocycles. The fraction of sp³-hybridized carbons (Fsp3) is 1.00. The van der Waals surface area contributed by atoms with Crippen LogP contribution < -0.4 is 0 Å². The Balaban J connectivity index is 1.92. The topological polar surface area (TPSA) is 40.5 Å². The molecule has 0 radical (unpaired) electrons. The second-order valence-electron chi connectivity index (χ2n) is 9.70. The molecule has 3 saturated carbocycles. The zero-order chi connectivity index (χ0) is 16.2. The van der Waals surface area contributed by atoms with Crippen LogP contribution in [0.2, 0.25) is 0 Å². The van der Waals surface area contributed by atoms with Crippen molar-refractivity contribution >= 4 is 0 Å². The Labute approximate surface area is 136 Å². The van der Waals surface area contributed by atoms with Crippen molar-refractivity contribution in [2.75, 3.05) is 6.61 Å². The molecule has 0 heterocycles. The highest BCUT2D eigenvalue weighted by Gasteiger charge is 2.59. The predicted octanol–water partition coefficient (Wildman–Crippen LogP) is 4.39. The third-order valence-electron chi connectivity index (χ3n) is 8.44. The first kappa shape index (κ1) is 16.8. The Morgan fingerprint density at radius 3 is 2.45 bits per heavy atom. The minimum absolute atomic E-state index is 0.0183. The first-order valence-corrected chi connectivity index (χ1v) is 9.57. The first-order chi connectivity index (χ1) is 10.3. The van der Waals surface area contributed by atoms with E-state index in [0.29, 0.717) is 28.6 Å². The molecule has 3 rings (SSSR count). The molecule has 7 atom stereocenters. The molecule has 3 aliphatic carbocycles. The van der Waals surface area contributed by atoms with Crippen LogP contribution in [0, 0.1) is 34.0 Å². The molecular formula is C20H36O2. The van der Waals surface area contributed by atoms with Crippen LogP contribution >= 0.6 is 0 Å². The van der Waals surface area contributed by atoms with Gasteiger partial charge in [0.05, 0.1) is 6.10 Å². The van der Waals surface area contributed by atoms with Gasteiger partial charge >= 0.3 is 0 Å². The lowest BCUT2D eigenvalue weighted by atomic mass is 9.42. The Morgan fingerprint density at radius 1 is 1.09 bits per heavy atom. The summed E-state index contributed by atoms with van der Waals surface area (Å²) in [6, 6.07) is 0. The fourth-order valence-electron chi connectivity index (χ4n) is 6.70. The smallest absolute Gasteiger partial charge is 0.0574 e. The zero-order valence-corrected chi connectivity index (χ0v) is 15.1. The molecule has 128 valence electrons. The summed E-state index contributed by atoms with van der Waals surface area (Å²) >= 11 is 0. The van der Waals surface area contributed by atoms with Gasteiger partial charge in [-0.2, -0.15) is 0 Å². The summed E-state index contributed by atoms with van der Waals surface area (Å²) < 4.78 is 0. The van der Waals surface area contributed by atoms with Crippen molar-refractivity contribution in [3.8, 4) is 0 Å². The van der Waals surface area contributed by atoms with Crippen LogP contribution in [0.1, 0.15) is 79.1 Å². The maximum Gasteiger partial charge on any atom is 0.0574 e. The molecule has 0 aromatic carbocycles. The van der Waals surface area contributed by atoms with E-state index < -0.39 is 0 Å². The number of fused-ring (bicyclic) bond motifs is 3. The number of rotatable bonds is 2. The second-order valence-corrected chi connectivity index (χ2v) is 9.70. The van der Waals surface area contributed by atoms with Gasteiger partial charge in [0.25, 0.3) is 0 Å². The summed E-state index contributed by atoms with van der Waals surface area (Å²) in [5, 5.41) is 21.0. The lowest BCUT2D eigenvalue weighted by Gasteiger charge is -2.63. The third-order valence-corrected chi connectivity index (χ3v) is 8.44. The van der Waals surface area contributed by atoms with E-state index in [-0.39, 0.29) is 18.1 Å². The summed E-state index contributed by atoms with van der Waals surface area (Å²) in [6.45, 7) is 9.76. The summed E-state index contributed by atoms with van der Waals surface area (Å²) in [5.74, 6) is 1.63. The molecule has 0 bridgehead atoms. The highest BCUT2D eigenvalue weighted by molar-refractivity contribution is 5.09. The molecule has 0 amide bonds. The quantitative estimate of drug-likeness (QED) is 0.794. The number of hydrogen-bond acceptors (Lipinski definition) is 2. The second kappa shape index (κ2) is 5.48. The number of aliphatic hydroxyl groups excluding tert-OH is 2. The average Bonchev–Trinajstić information content (AvgIpc) is 2.50. The molecule has 0 spiro atoms. The van der Waals surface area contributed by atoms with Crippen molar-refractivity contribution in [1.29, 1.82) is 0 Å². The van der Waals surface area contributed by atoms with E-state index in [4.69, 9.17) is 0 Å². The van der Waals surface area contributed by atoms with E-state index in [0.717, 1.165) is 12.8 Å². The first-order valence-electron chi connectivity index (χ1n) is 9.57. The minimum Gasteiger partial charge on any atom is -0.396 e. The lowest BCUT2D eigenvalue weighted by Crippen LogP contribution is -2.59. The van der Waals surface area contributed by atoms with Crippen molar-refractivity contribution in [2.24, 2.45) is 34.0 Å². The predicted molar refractivity (Wildman–Crippen MR) is 90.5 cm³/mol. The van der Waals surface area contributed by atoms with E-state index in [1.165, 1.54) is 38.5 Å². The molecule has 3 fully saturated rings. The molecule has 2 N–H and O–H groups in total. The maximum atomic E-state index is 10.9. The Kier molecular flexibility index (Phi) is 4.18. The van der Waals surface area contributed by atoms with Crippen LogP contribution in [0.15, 0.2) is 0 Å². The number of aliphatic hydroxyl groups is 2. The van der Waals surface area contributed by atoms with E-state index in [2.05, 4.69) is 27.7 Å². The molecule has 0 aromatic heterocycles. The minimum atomic E-state index is -0.154. The number of hydrogen-bond donors (Lipinski definition) is 2. The molecule has 22 heavy (non-hydrogen) atoms. The van der Waals surface area contributed by atoms with Gasteiger partial charge in [0, 0.05) is 6.61 Å². The van der Waals surface area contributed by atoms with Crippen molar-refractivity contribution in [1.82, 2.24) is 0 Å². The average molecular weight is 309 g/mol. The van der Waals surface area contributed by atoms with Crippen LogP contribution in [0.5, 0.6) is 0 Å². The largest absolute Gasteiger partial charge is 0.396 e. The van der Waals surface area contributed by atoms with E-state index >= 15 is 0 Å². The van der Waals surface area contributed by atoms with E-state index in [9.17, 15) is 10.2 Å². The van der Waals surface area contributed by atoms with Crippen molar-refractivity contribution in [3.63, 3.8) is 0 Å². The Bertz CT molecular complexity index is 422. The van der Waals surface area contributed by atoms with Gasteiger partial charge in [-0.3, -0.25) is 0 Å². The fourth-order valence-corrected chi connectivity index (χ4v) is 6.70. The molecule has 0 aromatic rings. The Morgan fingerprint density at radius 2 is 1.82 bits per heavy atom. The molecule has 2 heteroatoms. The van der Waals surface area contributed by atoms with Crippen LogP contribution in [-0.4, -0.2) is 22.9 Å². The van der Waals surface area contributed by atoms with Crippen molar-refractivity contribution in [3.05, 3.63) is 0 Å². The molecule has 0 unspecified atom stereocenters. The summed E-state index contributed by atoms with van der Waals surface area (Å²) in [4.78, 5) is 0. The van der Waals surface area contributed by atoms with Gasteiger partial charge in [-0.1, -0.05) is 40.5 Å².